The third kappa shape index (κ3) is 4.19. The first kappa shape index (κ1) is 19.1. The van der Waals surface area contributed by atoms with Crippen molar-refractivity contribution in [2.24, 2.45) is 0 Å². The van der Waals surface area contributed by atoms with E-state index in [0.717, 1.165) is 9.86 Å². The number of amides is 1. The number of carbonyl (C=O) groups is 2. The minimum atomic E-state index is -0.676. The molecule has 0 aliphatic rings. The van der Waals surface area contributed by atoms with E-state index in [2.05, 4.69) is 21.2 Å². The number of hydrogen-bond acceptors (Lipinski definition) is 4. The first-order chi connectivity index (χ1) is 12.9. The number of methoxy groups -OCH3 is 1. The number of nitrogens with one attached hydrogen (secondary N) is 1. The minimum Gasteiger partial charge on any atom is -0.469 e. The molecule has 0 bridgehead atoms. The highest BCUT2D eigenvalue weighted by molar-refractivity contribution is 9.10. The molecule has 2 aromatic carbocycles. The highest BCUT2D eigenvalue weighted by Crippen LogP contribution is 2.29. The normalized spacial score (nSPS) is 12.0. The van der Waals surface area contributed by atoms with E-state index >= 15 is 0 Å². The molecule has 27 heavy (non-hydrogen) atoms. The van der Waals surface area contributed by atoms with Gasteiger partial charge >= 0.3 is 5.97 Å². The van der Waals surface area contributed by atoms with Gasteiger partial charge in [-0.2, -0.15) is 0 Å². The van der Waals surface area contributed by atoms with E-state index in [-0.39, 0.29) is 12.2 Å². The smallest absolute Gasteiger partial charge is 0.307 e. The third-order valence-electron chi connectivity index (χ3n) is 4.28. The van der Waals surface area contributed by atoms with Gasteiger partial charge in [-0.25, -0.2) is 4.39 Å². The lowest BCUT2D eigenvalue weighted by atomic mass is 10.0. The van der Waals surface area contributed by atoms with Crippen molar-refractivity contribution < 1.29 is 23.1 Å². The van der Waals surface area contributed by atoms with Crippen LogP contribution in [0.5, 0.6) is 0 Å². The van der Waals surface area contributed by atoms with Crippen LogP contribution in [0.15, 0.2) is 51.4 Å². The van der Waals surface area contributed by atoms with Gasteiger partial charge in [0.15, 0.2) is 5.76 Å². The van der Waals surface area contributed by atoms with Crippen molar-refractivity contribution in [1.82, 2.24) is 5.32 Å². The summed E-state index contributed by atoms with van der Waals surface area (Å²) in [5.41, 5.74) is 1.87. The van der Waals surface area contributed by atoms with Crippen molar-refractivity contribution in [3.63, 3.8) is 0 Å². The van der Waals surface area contributed by atoms with Crippen LogP contribution in [0.1, 0.15) is 34.1 Å². The molecule has 1 unspecified atom stereocenters. The molecule has 0 aliphatic heterocycles. The molecule has 7 heteroatoms. The monoisotopic (exact) mass is 433 g/mol. The summed E-state index contributed by atoms with van der Waals surface area (Å²) in [5.74, 6) is -1.19. The Balaban J connectivity index is 1.91. The van der Waals surface area contributed by atoms with E-state index in [1.165, 1.54) is 31.4 Å². The van der Waals surface area contributed by atoms with Crippen LogP contribution in [0.2, 0.25) is 0 Å². The molecular weight excluding hydrogens is 417 g/mol. The van der Waals surface area contributed by atoms with E-state index in [1.54, 1.807) is 13.0 Å². The minimum absolute atomic E-state index is 0.0846. The van der Waals surface area contributed by atoms with Crippen molar-refractivity contribution in [1.29, 1.82) is 0 Å². The number of aryl methyl sites for hydroxylation is 1. The van der Waals surface area contributed by atoms with Crippen LogP contribution in [0, 0.1) is 12.7 Å². The van der Waals surface area contributed by atoms with Gasteiger partial charge in [-0.1, -0.05) is 28.1 Å². The quantitative estimate of drug-likeness (QED) is 0.593. The number of benzene rings is 2. The molecule has 0 saturated heterocycles. The maximum absolute atomic E-state index is 13.2. The van der Waals surface area contributed by atoms with Crippen LogP contribution < -0.4 is 5.32 Å². The fourth-order valence-electron chi connectivity index (χ4n) is 2.83. The fourth-order valence-corrected chi connectivity index (χ4v) is 3.19. The number of ether oxygens (including phenoxy) is 1. The van der Waals surface area contributed by atoms with E-state index in [4.69, 9.17) is 9.15 Å². The van der Waals surface area contributed by atoms with Crippen molar-refractivity contribution >= 4 is 38.8 Å². The molecule has 1 atom stereocenters. The molecule has 3 rings (SSSR count). The standard InChI is InChI=1S/C20H17BrFNO4/c1-11-15-9-13(21)5-8-17(15)27-19(11)20(25)23-16(10-18(24)26-2)12-3-6-14(22)7-4-12/h3-9,16H,10H2,1-2H3,(H,23,25). The summed E-state index contributed by atoms with van der Waals surface area (Å²) in [5, 5.41) is 3.60. The molecular formula is C20H17BrFNO4. The van der Waals surface area contributed by atoms with Crippen LogP contribution in [0.4, 0.5) is 4.39 Å². The van der Waals surface area contributed by atoms with Crippen molar-refractivity contribution in [2.75, 3.05) is 7.11 Å². The Hall–Kier alpha value is -2.67. The van der Waals surface area contributed by atoms with Crippen molar-refractivity contribution in [2.45, 2.75) is 19.4 Å². The summed E-state index contributed by atoms with van der Waals surface area (Å²) < 4.78 is 24.5. The van der Waals surface area contributed by atoms with Crippen LogP contribution in [0.3, 0.4) is 0 Å². The molecule has 1 amide bonds. The predicted molar refractivity (Wildman–Crippen MR) is 102 cm³/mol. The lowest BCUT2D eigenvalue weighted by Crippen LogP contribution is -2.30. The molecule has 0 saturated carbocycles. The van der Waals surface area contributed by atoms with Gasteiger partial charge in [-0.3, -0.25) is 9.59 Å². The van der Waals surface area contributed by atoms with E-state index in [1.807, 2.05) is 12.1 Å². The van der Waals surface area contributed by atoms with Gasteiger partial charge in [0.2, 0.25) is 0 Å². The van der Waals surface area contributed by atoms with Gasteiger partial charge in [-0.15, -0.1) is 0 Å². The molecule has 0 fully saturated rings. The number of furan rings is 1. The van der Waals surface area contributed by atoms with E-state index in [9.17, 15) is 14.0 Å². The topological polar surface area (TPSA) is 68.5 Å². The van der Waals surface area contributed by atoms with Crippen LogP contribution >= 0.6 is 15.9 Å². The Bertz CT molecular complexity index is 997. The summed E-state index contributed by atoms with van der Waals surface area (Å²) in [4.78, 5) is 24.5. The molecule has 1 heterocycles. The Morgan fingerprint density at radius 1 is 1.22 bits per heavy atom. The van der Waals surface area contributed by atoms with Crippen molar-refractivity contribution in [3.8, 4) is 0 Å². The van der Waals surface area contributed by atoms with Gasteiger partial charge in [-0.05, 0) is 42.8 Å². The second-order valence-corrected chi connectivity index (χ2v) is 6.97. The van der Waals surface area contributed by atoms with Gasteiger partial charge < -0.3 is 14.5 Å². The maximum atomic E-state index is 13.2. The molecule has 0 spiro atoms. The average molecular weight is 434 g/mol. The Labute approximate surface area is 163 Å². The molecule has 0 radical (unpaired) electrons. The third-order valence-corrected chi connectivity index (χ3v) is 4.77. The first-order valence-corrected chi connectivity index (χ1v) is 9.00. The van der Waals surface area contributed by atoms with Crippen molar-refractivity contribution in [3.05, 3.63) is 69.6 Å². The van der Waals surface area contributed by atoms with E-state index < -0.39 is 23.7 Å². The SMILES string of the molecule is COC(=O)CC(NC(=O)c1oc2ccc(Br)cc2c1C)c1ccc(F)cc1. The Kier molecular flexibility index (Phi) is 5.60. The Morgan fingerprint density at radius 3 is 2.59 bits per heavy atom. The molecule has 1 aromatic heterocycles. The lowest BCUT2D eigenvalue weighted by molar-refractivity contribution is -0.141. The summed E-state index contributed by atoms with van der Waals surface area (Å²) in [6, 6.07) is 10.4. The number of fused-ring (bicyclic) bond motifs is 1. The second kappa shape index (κ2) is 7.92. The van der Waals surface area contributed by atoms with Gasteiger partial charge in [0.05, 0.1) is 19.6 Å². The van der Waals surface area contributed by atoms with Gasteiger partial charge in [0.25, 0.3) is 5.91 Å². The highest BCUT2D eigenvalue weighted by atomic mass is 79.9. The zero-order chi connectivity index (χ0) is 19.6. The molecule has 1 N–H and O–H groups in total. The molecule has 3 aromatic rings. The number of carbonyl (C=O) groups excluding carboxylic acids is 2. The van der Waals surface area contributed by atoms with Crippen LogP contribution in [-0.4, -0.2) is 19.0 Å². The fraction of sp³-hybridized carbons (Fsp3) is 0.200. The van der Waals surface area contributed by atoms with Gasteiger partial charge in [0.1, 0.15) is 11.4 Å². The maximum Gasteiger partial charge on any atom is 0.307 e. The predicted octanol–water partition coefficient (Wildman–Crippen LogP) is 4.68. The highest BCUT2D eigenvalue weighted by Gasteiger charge is 2.24. The summed E-state index contributed by atoms with van der Waals surface area (Å²) in [6.07, 6.45) is -0.0846. The number of halogens is 2. The zero-order valence-corrected chi connectivity index (χ0v) is 16.3. The number of hydrogen-bond donors (Lipinski definition) is 1. The largest absolute Gasteiger partial charge is 0.469 e. The Morgan fingerprint density at radius 2 is 1.93 bits per heavy atom. The average Bonchev–Trinajstić information content (AvgIpc) is 2.98. The molecule has 5 nitrogen and oxygen atoms in total. The first-order valence-electron chi connectivity index (χ1n) is 8.21. The lowest BCUT2D eigenvalue weighted by Gasteiger charge is -2.17. The zero-order valence-electron chi connectivity index (χ0n) is 14.7. The summed E-state index contributed by atoms with van der Waals surface area (Å²) in [6.45, 7) is 1.79. The second-order valence-electron chi connectivity index (χ2n) is 6.05. The summed E-state index contributed by atoms with van der Waals surface area (Å²) >= 11 is 3.40. The number of esters is 1. The molecule has 0 aliphatic carbocycles. The molecule has 140 valence electrons. The van der Waals surface area contributed by atoms with Gasteiger partial charge in [0, 0.05) is 15.4 Å². The van der Waals surface area contributed by atoms with Crippen LogP contribution in [-0.2, 0) is 9.53 Å². The number of rotatable bonds is 5. The summed E-state index contributed by atoms with van der Waals surface area (Å²) in [7, 11) is 1.27. The van der Waals surface area contributed by atoms with E-state index in [0.29, 0.717) is 16.7 Å². The van der Waals surface area contributed by atoms with Crippen LogP contribution in [0.25, 0.3) is 11.0 Å².